The summed E-state index contributed by atoms with van der Waals surface area (Å²) in [6, 6.07) is 9.70. The summed E-state index contributed by atoms with van der Waals surface area (Å²) in [7, 11) is -4.34. The maximum atomic E-state index is 12.2. The molecule has 0 saturated carbocycles. The van der Waals surface area contributed by atoms with Gasteiger partial charge >= 0.3 is 0 Å². The Morgan fingerprint density at radius 3 is 1.97 bits per heavy atom. The fourth-order valence-corrected chi connectivity index (χ4v) is 5.76. The highest BCUT2D eigenvalue weighted by molar-refractivity contribution is 6.74. The van der Waals surface area contributed by atoms with Crippen molar-refractivity contribution in [1.82, 2.24) is 5.32 Å². The molecule has 1 aliphatic heterocycles. The second kappa shape index (κ2) is 10.9. The molecule has 0 aliphatic carbocycles. The van der Waals surface area contributed by atoms with Gasteiger partial charge in [0, 0.05) is 6.92 Å². The minimum atomic E-state index is -2.18. The normalized spacial score (nSPS) is 24.3. The fraction of sp³-hybridized carbons (Fsp3) is 0.731. The summed E-state index contributed by atoms with van der Waals surface area (Å²) in [4.78, 5) is 12.2. The van der Waals surface area contributed by atoms with Crippen LogP contribution < -0.4 is 5.32 Å². The lowest BCUT2D eigenvalue weighted by atomic mass is 10.1. The predicted molar refractivity (Wildman–Crippen MR) is 143 cm³/mol. The molecule has 6 nitrogen and oxygen atoms in total. The lowest BCUT2D eigenvalue weighted by molar-refractivity contribution is -0.126. The Balaban J connectivity index is 2.31. The molecule has 8 heteroatoms. The van der Waals surface area contributed by atoms with Crippen molar-refractivity contribution in [3.8, 4) is 0 Å². The molecule has 1 amide bonds. The van der Waals surface area contributed by atoms with E-state index < -0.39 is 29.0 Å². The summed E-state index contributed by atoms with van der Waals surface area (Å²) < 4.78 is 26.2. The van der Waals surface area contributed by atoms with Gasteiger partial charge in [-0.1, -0.05) is 71.9 Å². The van der Waals surface area contributed by atoms with Gasteiger partial charge in [0.2, 0.25) is 5.91 Å². The highest BCUT2D eigenvalue weighted by atomic mass is 28.4. The molecule has 2 rings (SSSR count). The molecule has 1 aliphatic rings. The smallest absolute Gasteiger partial charge is 0.217 e. The van der Waals surface area contributed by atoms with Crippen LogP contribution >= 0.6 is 0 Å². The lowest BCUT2D eigenvalue weighted by Gasteiger charge is -2.43. The first-order chi connectivity index (χ1) is 15.4. The van der Waals surface area contributed by atoms with Crippen molar-refractivity contribution in [2.75, 3.05) is 6.61 Å². The van der Waals surface area contributed by atoms with Crippen molar-refractivity contribution >= 4 is 22.5 Å². The van der Waals surface area contributed by atoms with Crippen LogP contribution in [0.3, 0.4) is 0 Å². The Morgan fingerprint density at radius 2 is 1.47 bits per heavy atom. The summed E-state index contributed by atoms with van der Waals surface area (Å²) >= 11 is 0. The summed E-state index contributed by atoms with van der Waals surface area (Å²) in [5, 5.41) is 3.14. The van der Waals surface area contributed by atoms with Crippen LogP contribution in [0.2, 0.25) is 36.3 Å². The van der Waals surface area contributed by atoms with E-state index in [2.05, 4.69) is 73.0 Å². The molecule has 0 radical (unpaired) electrons. The average Bonchev–Trinajstić information content (AvgIpc) is 2.96. The molecule has 0 aromatic heterocycles. The fourth-order valence-electron chi connectivity index (χ4n) is 3.34. The molecule has 1 saturated heterocycles. The summed E-state index contributed by atoms with van der Waals surface area (Å²) in [6.07, 6.45) is -1.32. The molecule has 0 bridgehead atoms. The second-order valence-corrected chi connectivity index (χ2v) is 22.0. The number of carbonyl (C=O) groups is 1. The van der Waals surface area contributed by atoms with Gasteiger partial charge in [-0.2, -0.15) is 0 Å². The van der Waals surface area contributed by atoms with E-state index in [1.54, 1.807) is 0 Å². The van der Waals surface area contributed by atoms with Crippen molar-refractivity contribution in [3.05, 3.63) is 35.9 Å². The molecule has 4 atom stereocenters. The summed E-state index contributed by atoms with van der Waals surface area (Å²) in [6.45, 7) is 24.5. The van der Waals surface area contributed by atoms with Gasteiger partial charge in [0.1, 0.15) is 12.2 Å². The van der Waals surface area contributed by atoms with Crippen LogP contribution in [0.15, 0.2) is 30.3 Å². The molecule has 1 unspecified atom stereocenters. The van der Waals surface area contributed by atoms with Crippen LogP contribution in [-0.4, -0.2) is 53.7 Å². The van der Waals surface area contributed by atoms with E-state index >= 15 is 0 Å². The van der Waals surface area contributed by atoms with Crippen molar-refractivity contribution in [3.63, 3.8) is 0 Å². The van der Waals surface area contributed by atoms with E-state index in [-0.39, 0.29) is 28.1 Å². The lowest BCUT2D eigenvalue weighted by Crippen LogP contribution is -2.56. The Labute approximate surface area is 209 Å². The monoisotopic (exact) mass is 509 g/mol. The number of rotatable bonds is 9. The molecule has 34 heavy (non-hydrogen) atoms. The van der Waals surface area contributed by atoms with Crippen LogP contribution in [0.1, 0.15) is 54.0 Å². The number of nitrogens with one attached hydrogen (secondary N) is 1. The standard InChI is InChI=1S/C26H47NO5Si2/c1-19(28)27-22-21(18-29-17-20-15-13-12-14-16-20)30-24(32-34(10,11)26(5,6)7)23(22)31-33(8,9)25(2,3)4/h12-16,21-24H,17-18H2,1-11H3,(H,27,28)/t21-,22?,23+,24+/m1/s1. The Kier molecular flexibility index (Phi) is 9.38. The summed E-state index contributed by atoms with van der Waals surface area (Å²) in [5.41, 5.74) is 1.10. The molecular formula is C26H47NO5Si2. The number of amides is 1. The van der Waals surface area contributed by atoms with Gasteiger partial charge in [0.25, 0.3) is 0 Å². The van der Waals surface area contributed by atoms with E-state index in [0.717, 1.165) is 5.56 Å². The first-order valence-corrected chi connectivity index (χ1v) is 18.2. The third-order valence-electron chi connectivity index (χ3n) is 7.55. The molecule has 1 aromatic carbocycles. The Hall–Kier alpha value is -1.04. The zero-order valence-electron chi connectivity index (χ0n) is 23.2. The molecular weight excluding hydrogens is 462 g/mol. The molecule has 0 spiro atoms. The third kappa shape index (κ3) is 7.48. The van der Waals surface area contributed by atoms with Crippen molar-refractivity contribution in [2.45, 2.75) is 116 Å². The van der Waals surface area contributed by atoms with Gasteiger partial charge in [-0.05, 0) is 41.8 Å². The minimum absolute atomic E-state index is 0.0111. The van der Waals surface area contributed by atoms with Gasteiger partial charge in [-0.3, -0.25) is 4.79 Å². The van der Waals surface area contributed by atoms with E-state index in [0.29, 0.717) is 13.2 Å². The zero-order valence-corrected chi connectivity index (χ0v) is 25.2. The van der Waals surface area contributed by atoms with E-state index in [1.165, 1.54) is 6.92 Å². The SMILES string of the molecule is CC(=O)NC1[C@@H](COCc2ccccc2)O[C@@H](O[Si](C)(C)C(C)(C)C)[C@H]1O[Si](C)(C)C(C)(C)C. The van der Waals surface area contributed by atoms with E-state index in [9.17, 15) is 4.79 Å². The van der Waals surface area contributed by atoms with Crippen LogP contribution in [0.4, 0.5) is 0 Å². The van der Waals surface area contributed by atoms with E-state index in [4.69, 9.17) is 18.3 Å². The van der Waals surface area contributed by atoms with Crippen molar-refractivity contribution in [1.29, 1.82) is 0 Å². The molecule has 1 fully saturated rings. The first-order valence-electron chi connectivity index (χ1n) is 12.3. The second-order valence-electron chi connectivity index (χ2n) is 12.5. The van der Waals surface area contributed by atoms with Gasteiger partial charge in [0.05, 0.1) is 19.3 Å². The molecule has 194 valence electrons. The maximum Gasteiger partial charge on any atom is 0.217 e. The topological polar surface area (TPSA) is 66.0 Å². The Morgan fingerprint density at radius 1 is 0.941 bits per heavy atom. The summed E-state index contributed by atoms with van der Waals surface area (Å²) in [5.74, 6) is -0.113. The van der Waals surface area contributed by atoms with Gasteiger partial charge < -0.3 is 23.6 Å². The van der Waals surface area contributed by atoms with Crippen LogP contribution in [0, 0.1) is 0 Å². The average molecular weight is 510 g/mol. The van der Waals surface area contributed by atoms with Crippen LogP contribution in [0.25, 0.3) is 0 Å². The van der Waals surface area contributed by atoms with Gasteiger partial charge in [-0.25, -0.2) is 0 Å². The predicted octanol–water partition coefficient (Wildman–Crippen LogP) is 5.85. The molecule has 1 N–H and O–H groups in total. The number of hydrogen-bond donors (Lipinski definition) is 1. The van der Waals surface area contributed by atoms with Gasteiger partial charge in [0.15, 0.2) is 22.9 Å². The quantitative estimate of drug-likeness (QED) is 0.423. The highest BCUT2D eigenvalue weighted by Gasteiger charge is 2.53. The van der Waals surface area contributed by atoms with E-state index in [1.807, 2.05) is 30.3 Å². The zero-order chi connectivity index (χ0) is 25.9. The highest BCUT2D eigenvalue weighted by Crippen LogP contribution is 2.43. The van der Waals surface area contributed by atoms with Crippen molar-refractivity contribution in [2.24, 2.45) is 0 Å². The van der Waals surface area contributed by atoms with Crippen LogP contribution in [0.5, 0.6) is 0 Å². The number of carbonyl (C=O) groups excluding carboxylic acids is 1. The largest absolute Gasteiger partial charge is 0.407 e. The number of ether oxygens (including phenoxy) is 2. The molecule has 1 aromatic rings. The maximum absolute atomic E-state index is 12.2. The molecule has 1 heterocycles. The van der Waals surface area contributed by atoms with Gasteiger partial charge in [-0.15, -0.1) is 0 Å². The van der Waals surface area contributed by atoms with Crippen LogP contribution in [-0.2, 0) is 29.7 Å². The third-order valence-corrected chi connectivity index (χ3v) is 16.5. The number of hydrogen-bond acceptors (Lipinski definition) is 5. The minimum Gasteiger partial charge on any atom is -0.407 e. The van der Waals surface area contributed by atoms with Crippen molar-refractivity contribution < 1.29 is 23.1 Å². The first kappa shape index (κ1) is 29.2. The number of benzene rings is 1. The Bertz CT molecular complexity index is 802.